The Balaban J connectivity index is 2.10. The van der Waals surface area contributed by atoms with Crippen LogP contribution in [0.3, 0.4) is 0 Å². The highest BCUT2D eigenvalue weighted by Gasteiger charge is 2.10. The van der Waals surface area contributed by atoms with Crippen molar-refractivity contribution in [3.63, 3.8) is 0 Å². The number of carbonyl (C=O) groups is 1. The Morgan fingerprint density at radius 3 is 2.70 bits per heavy atom. The molecule has 2 N–H and O–H groups in total. The van der Waals surface area contributed by atoms with Gasteiger partial charge in [-0.15, -0.1) is 0 Å². The molecule has 8 heteroatoms. The summed E-state index contributed by atoms with van der Waals surface area (Å²) in [5, 5.41) is 11.5. The van der Waals surface area contributed by atoms with E-state index >= 15 is 0 Å². The van der Waals surface area contributed by atoms with Gasteiger partial charge in [-0.1, -0.05) is 6.07 Å². The molecule has 2 rings (SSSR count). The first kappa shape index (κ1) is 16.5. The summed E-state index contributed by atoms with van der Waals surface area (Å²) in [6.45, 7) is 1.51. The third kappa shape index (κ3) is 4.52. The second-order valence-corrected chi connectivity index (χ2v) is 6.60. The highest BCUT2D eigenvalue weighted by atomic mass is 32.2. The lowest BCUT2D eigenvalue weighted by molar-refractivity contribution is 0.102. The quantitative estimate of drug-likeness (QED) is 0.870. The number of rotatable bonds is 5. The van der Waals surface area contributed by atoms with Crippen molar-refractivity contribution < 1.29 is 13.2 Å². The van der Waals surface area contributed by atoms with Gasteiger partial charge in [0.25, 0.3) is 5.91 Å². The molecule has 0 saturated heterocycles. The number of benzene rings is 1. The Kier molecular flexibility index (Phi) is 4.93. The molecule has 2 aromatic rings. The summed E-state index contributed by atoms with van der Waals surface area (Å²) in [5.41, 5.74) is 1.20. The molecule has 118 valence electrons. The van der Waals surface area contributed by atoms with Crippen molar-refractivity contribution in [3.8, 4) is 6.07 Å². The van der Waals surface area contributed by atoms with Crippen LogP contribution >= 0.6 is 0 Å². The molecule has 0 bridgehead atoms. The lowest BCUT2D eigenvalue weighted by atomic mass is 10.2. The highest BCUT2D eigenvalue weighted by molar-refractivity contribution is 7.92. The van der Waals surface area contributed by atoms with E-state index in [1.165, 1.54) is 25.3 Å². The molecule has 23 heavy (non-hydrogen) atoms. The van der Waals surface area contributed by atoms with Crippen LogP contribution in [0.2, 0.25) is 0 Å². The summed E-state index contributed by atoms with van der Waals surface area (Å²) < 4.78 is 25.2. The van der Waals surface area contributed by atoms with E-state index in [1.54, 1.807) is 24.3 Å². The monoisotopic (exact) mass is 330 g/mol. The van der Waals surface area contributed by atoms with E-state index in [2.05, 4.69) is 15.0 Å². The summed E-state index contributed by atoms with van der Waals surface area (Å²) in [7, 11) is -3.41. The minimum Gasteiger partial charge on any atom is -0.322 e. The maximum atomic E-state index is 12.1. The molecular weight excluding hydrogens is 316 g/mol. The van der Waals surface area contributed by atoms with Gasteiger partial charge < -0.3 is 5.32 Å². The molecule has 1 amide bonds. The van der Waals surface area contributed by atoms with Crippen LogP contribution in [0.1, 0.15) is 22.8 Å². The number of nitrogens with one attached hydrogen (secondary N) is 2. The molecule has 7 nitrogen and oxygen atoms in total. The SMILES string of the molecule is CCS(=O)(=O)Nc1ccc(C(=O)Nc2cccc(C#N)c2)cn1. The van der Waals surface area contributed by atoms with Crippen LogP contribution in [0.5, 0.6) is 0 Å². The molecule has 0 aliphatic heterocycles. The van der Waals surface area contributed by atoms with Gasteiger partial charge in [-0.3, -0.25) is 9.52 Å². The Labute approximate surface area is 134 Å². The van der Waals surface area contributed by atoms with Gasteiger partial charge in [-0.25, -0.2) is 13.4 Å². The summed E-state index contributed by atoms with van der Waals surface area (Å²) >= 11 is 0. The average Bonchev–Trinajstić information content (AvgIpc) is 2.55. The number of pyridine rings is 1. The number of carbonyl (C=O) groups excluding carboxylic acids is 1. The van der Waals surface area contributed by atoms with Crippen molar-refractivity contribution in [1.29, 1.82) is 5.26 Å². The van der Waals surface area contributed by atoms with Crippen molar-refractivity contribution in [2.45, 2.75) is 6.92 Å². The Morgan fingerprint density at radius 1 is 1.30 bits per heavy atom. The largest absolute Gasteiger partial charge is 0.322 e. The molecular formula is C15H14N4O3S. The molecule has 0 aliphatic carbocycles. The third-order valence-corrected chi connectivity index (χ3v) is 4.20. The standard InChI is InChI=1S/C15H14N4O3S/c1-2-23(21,22)19-14-7-6-12(10-17-14)15(20)18-13-5-3-4-11(8-13)9-16/h3-8,10H,2H2,1H3,(H,17,19)(H,18,20). The van der Waals surface area contributed by atoms with Gasteiger partial charge in [0.2, 0.25) is 10.0 Å². The van der Waals surface area contributed by atoms with Gasteiger partial charge >= 0.3 is 0 Å². The van der Waals surface area contributed by atoms with Crippen LogP contribution < -0.4 is 10.0 Å². The van der Waals surface area contributed by atoms with Gasteiger partial charge in [0.05, 0.1) is 22.9 Å². The predicted octanol–water partition coefficient (Wildman–Crippen LogP) is 1.97. The minimum atomic E-state index is -3.41. The molecule has 1 aromatic carbocycles. The molecule has 0 radical (unpaired) electrons. The fourth-order valence-corrected chi connectivity index (χ4v) is 2.27. The van der Waals surface area contributed by atoms with Crippen LogP contribution in [-0.4, -0.2) is 25.1 Å². The first-order valence-corrected chi connectivity index (χ1v) is 8.37. The summed E-state index contributed by atoms with van der Waals surface area (Å²) in [4.78, 5) is 16.0. The van der Waals surface area contributed by atoms with Crippen LogP contribution in [0, 0.1) is 11.3 Å². The lowest BCUT2D eigenvalue weighted by Gasteiger charge is -2.07. The van der Waals surface area contributed by atoms with Crippen LogP contribution in [0.25, 0.3) is 0 Å². The van der Waals surface area contributed by atoms with E-state index in [9.17, 15) is 13.2 Å². The number of hydrogen-bond donors (Lipinski definition) is 2. The fourth-order valence-electron chi connectivity index (χ4n) is 1.69. The van der Waals surface area contributed by atoms with Crippen molar-refractivity contribution in [3.05, 3.63) is 53.7 Å². The molecule has 0 aliphatic rings. The molecule has 1 aromatic heterocycles. The zero-order chi connectivity index (χ0) is 16.9. The number of amides is 1. The fraction of sp³-hybridized carbons (Fsp3) is 0.133. The second-order valence-electron chi connectivity index (χ2n) is 4.58. The zero-order valence-corrected chi connectivity index (χ0v) is 13.1. The molecule has 0 saturated carbocycles. The first-order valence-electron chi connectivity index (χ1n) is 6.71. The Bertz CT molecular complexity index is 855. The van der Waals surface area contributed by atoms with E-state index in [4.69, 9.17) is 5.26 Å². The number of aromatic nitrogens is 1. The number of nitriles is 1. The third-order valence-electron chi connectivity index (χ3n) is 2.92. The maximum absolute atomic E-state index is 12.1. The van der Waals surface area contributed by atoms with Crippen molar-refractivity contribution in [2.75, 3.05) is 15.8 Å². The lowest BCUT2D eigenvalue weighted by Crippen LogP contribution is -2.16. The molecule has 1 heterocycles. The first-order chi connectivity index (χ1) is 10.9. The van der Waals surface area contributed by atoms with Gasteiger partial charge in [-0.05, 0) is 37.3 Å². The molecule has 0 fully saturated rings. The number of nitrogens with zero attached hydrogens (tertiary/aromatic N) is 2. The summed E-state index contributed by atoms with van der Waals surface area (Å²) in [6, 6.07) is 11.4. The average molecular weight is 330 g/mol. The maximum Gasteiger partial charge on any atom is 0.257 e. The van der Waals surface area contributed by atoms with E-state index < -0.39 is 15.9 Å². The minimum absolute atomic E-state index is 0.0633. The van der Waals surface area contributed by atoms with Crippen molar-refractivity contribution >= 4 is 27.4 Å². The number of sulfonamides is 1. The van der Waals surface area contributed by atoms with E-state index in [1.807, 2.05) is 6.07 Å². The molecule has 0 atom stereocenters. The van der Waals surface area contributed by atoms with E-state index in [0.29, 0.717) is 11.3 Å². The van der Waals surface area contributed by atoms with Crippen LogP contribution in [-0.2, 0) is 10.0 Å². The van der Waals surface area contributed by atoms with Crippen molar-refractivity contribution in [1.82, 2.24) is 4.98 Å². The van der Waals surface area contributed by atoms with Crippen molar-refractivity contribution in [2.24, 2.45) is 0 Å². The zero-order valence-electron chi connectivity index (χ0n) is 12.3. The topological polar surface area (TPSA) is 112 Å². The number of anilines is 2. The van der Waals surface area contributed by atoms with E-state index in [0.717, 1.165) is 0 Å². The smallest absolute Gasteiger partial charge is 0.257 e. The van der Waals surface area contributed by atoms with Gasteiger partial charge in [-0.2, -0.15) is 5.26 Å². The molecule has 0 unspecified atom stereocenters. The highest BCUT2D eigenvalue weighted by Crippen LogP contribution is 2.13. The molecule has 0 spiro atoms. The van der Waals surface area contributed by atoms with Crippen LogP contribution in [0.15, 0.2) is 42.6 Å². The van der Waals surface area contributed by atoms with E-state index in [-0.39, 0.29) is 17.1 Å². The normalized spacial score (nSPS) is 10.6. The van der Waals surface area contributed by atoms with Gasteiger partial charge in [0, 0.05) is 11.9 Å². The number of hydrogen-bond acceptors (Lipinski definition) is 5. The van der Waals surface area contributed by atoms with Gasteiger partial charge in [0.1, 0.15) is 5.82 Å². The second kappa shape index (κ2) is 6.89. The Hall–Kier alpha value is -2.92. The summed E-state index contributed by atoms with van der Waals surface area (Å²) in [5.74, 6) is -0.320. The Morgan fingerprint density at radius 2 is 2.09 bits per heavy atom. The predicted molar refractivity (Wildman–Crippen MR) is 86.4 cm³/mol. The van der Waals surface area contributed by atoms with Crippen LogP contribution in [0.4, 0.5) is 11.5 Å². The van der Waals surface area contributed by atoms with Gasteiger partial charge in [0.15, 0.2) is 0 Å². The summed E-state index contributed by atoms with van der Waals surface area (Å²) in [6.07, 6.45) is 1.27.